The summed E-state index contributed by atoms with van der Waals surface area (Å²) in [4.78, 5) is 17.1. The van der Waals surface area contributed by atoms with Gasteiger partial charge in [-0.1, -0.05) is 24.8 Å². The monoisotopic (exact) mass is 322 g/mol. The Balaban J connectivity index is 1.82. The first-order valence-electron chi connectivity index (χ1n) is 6.73. The molecule has 0 bridgehead atoms. The van der Waals surface area contributed by atoms with Gasteiger partial charge in [-0.3, -0.25) is 9.89 Å². The molecule has 2 aromatic heterocycles. The van der Waals surface area contributed by atoms with Gasteiger partial charge in [0.1, 0.15) is 5.82 Å². The van der Waals surface area contributed by atoms with Crippen LogP contribution in [0.4, 0.5) is 0 Å². The molecule has 7 heteroatoms. The van der Waals surface area contributed by atoms with Gasteiger partial charge < -0.3 is 5.32 Å². The van der Waals surface area contributed by atoms with Crippen LogP contribution in [0, 0.1) is 0 Å². The van der Waals surface area contributed by atoms with Crippen LogP contribution in [0.2, 0.25) is 0 Å². The van der Waals surface area contributed by atoms with Gasteiger partial charge in [0.05, 0.1) is 5.75 Å². The summed E-state index contributed by atoms with van der Waals surface area (Å²) in [5.74, 6) is 1.03. The Morgan fingerprint density at radius 2 is 2.43 bits per heavy atom. The zero-order valence-corrected chi connectivity index (χ0v) is 13.6. The Hall–Kier alpha value is -1.60. The van der Waals surface area contributed by atoms with Crippen LogP contribution in [0.15, 0.2) is 22.7 Å². The number of H-pyrrole nitrogens is 1. The molecule has 1 amide bonds. The normalized spacial score (nSPS) is 12.7. The number of aromatic nitrogens is 3. The minimum absolute atomic E-state index is 0.00910. The molecule has 2 heterocycles. The van der Waals surface area contributed by atoms with E-state index in [4.69, 9.17) is 0 Å². The van der Waals surface area contributed by atoms with E-state index in [1.54, 1.807) is 11.3 Å². The van der Waals surface area contributed by atoms with Crippen LogP contribution in [0.1, 0.15) is 31.0 Å². The quantitative estimate of drug-likeness (QED) is 0.769. The summed E-state index contributed by atoms with van der Waals surface area (Å²) < 4.78 is 0. The van der Waals surface area contributed by atoms with Crippen LogP contribution < -0.4 is 5.32 Å². The SMILES string of the molecule is CCC(C)NC(=O)CSc1n[nH]c(/C=C/c2cccs2)n1. The molecule has 0 saturated heterocycles. The Bertz CT molecular complexity index is 592. The van der Waals surface area contributed by atoms with Crippen molar-refractivity contribution in [2.24, 2.45) is 0 Å². The summed E-state index contributed by atoms with van der Waals surface area (Å²) in [6.07, 6.45) is 4.78. The van der Waals surface area contributed by atoms with Crippen molar-refractivity contribution in [3.63, 3.8) is 0 Å². The van der Waals surface area contributed by atoms with Gasteiger partial charge in [0.15, 0.2) is 0 Å². The second-order valence-electron chi connectivity index (χ2n) is 4.52. The maximum atomic E-state index is 11.7. The molecule has 1 unspecified atom stereocenters. The molecule has 2 rings (SSSR count). The lowest BCUT2D eigenvalue weighted by Gasteiger charge is -2.09. The van der Waals surface area contributed by atoms with E-state index < -0.39 is 0 Å². The minimum atomic E-state index is 0.00910. The number of nitrogens with one attached hydrogen (secondary N) is 2. The van der Waals surface area contributed by atoms with Crippen molar-refractivity contribution in [3.05, 3.63) is 28.2 Å². The summed E-state index contributed by atoms with van der Waals surface area (Å²) in [5.41, 5.74) is 0. The highest BCUT2D eigenvalue weighted by Crippen LogP contribution is 2.15. The molecule has 0 saturated carbocycles. The summed E-state index contributed by atoms with van der Waals surface area (Å²) in [5, 5.41) is 12.5. The lowest BCUT2D eigenvalue weighted by Crippen LogP contribution is -2.33. The molecule has 0 aliphatic rings. The maximum absolute atomic E-state index is 11.7. The van der Waals surface area contributed by atoms with Crippen LogP contribution in [0.25, 0.3) is 12.2 Å². The lowest BCUT2D eigenvalue weighted by molar-refractivity contribution is -0.119. The average molecular weight is 322 g/mol. The fraction of sp³-hybridized carbons (Fsp3) is 0.357. The molecule has 0 spiro atoms. The average Bonchev–Trinajstić information content (AvgIpc) is 3.14. The second-order valence-corrected chi connectivity index (χ2v) is 6.44. The first kappa shape index (κ1) is 15.8. The fourth-order valence-corrected chi connectivity index (χ4v) is 2.73. The zero-order chi connectivity index (χ0) is 15.1. The number of hydrogen-bond acceptors (Lipinski definition) is 5. The number of carbonyl (C=O) groups excluding carboxylic acids is 1. The van der Waals surface area contributed by atoms with Gasteiger partial charge in [0.25, 0.3) is 0 Å². The minimum Gasteiger partial charge on any atom is -0.353 e. The van der Waals surface area contributed by atoms with Crippen LogP contribution in [0.3, 0.4) is 0 Å². The first-order valence-corrected chi connectivity index (χ1v) is 8.60. The van der Waals surface area contributed by atoms with E-state index in [1.807, 2.05) is 43.5 Å². The molecule has 21 heavy (non-hydrogen) atoms. The predicted octanol–water partition coefficient (Wildman–Crippen LogP) is 3.04. The van der Waals surface area contributed by atoms with Crippen molar-refractivity contribution >= 4 is 41.2 Å². The Morgan fingerprint density at radius 1 is 1.57 bits per heavy atom. The van der Waals surface area contributed by atoms with Gasteiger partial charge in [-0.15, -0.1) is 16.4 Å². The summed E-state index contributed by atoms with van der Waals surface area (Å²) >= 11 is 2.99. The summed E-state index contributed by atoms with van der Waals surface area (Å²) in [6, 6.07) is 4.24. The Kier molecular flexibility index (Phi) is 6.01. The Labute approximate surface area is 132 Å². The molecule has 5 nitrogen and oxygen atoms in total. The van der Waals surface area contributed by atoms with Crippen molar-refractivity contribution in [1.82, 2.24) is 20.5 Å². The molecule has 0 aliphatic carbocycles. The molecule has 0 radical (unpaired) electrons. The van der Waals surface area contributed by atoms with Gasteiger partial charge in [-0.05, 0) is 36.9 Å². The number of thioether (sulfide) groups is 1. The van der Waals surface area contributed by atoms with Crippen LogP contribution >= 0.6 is 23.1 Å². The summed E-state index contributed by atoms with van der Waals surface area (Å²) in [7, 11) is 0. The van der Waals surface area contributed by atoms with Crippen LogP contribution in [-0.4, -0.2) is 32.9 Å². The molecule has 0 aromatic carbocycles. The molecule has 0 fully saturated rings. The van der Waals surface area contributed by atoms with Crippen molar-refractivity contribution in [1.29, 1.82) is 0 Å². The van der Waals surface area contributed by atoms with Crippen molar-refractivity contribution in [2.75, 3.05) is 5.75 Å². The number of rotatable bonds is 7. The highest BCUT2D eigenvalue weighted by Gasteiger charge is 2.08. The Morgan fingerprint density at radius 3 is 3.14 bits per heavy atom. The van der Waals surface area contributed by atoms with Crippen LogP contribution in [0.5, 0.6) is 0 Å². The van der Waals surface area contributed by atoms with E-state index >= 15 is 0 Å². The third-order valence-electron chi connectivity index (χ3n) is 2.78. The number of nitrogens with zero attached hydrogens (tertiary/aromatic N) is 2. The summed E-state index contributed by atoms with van der Waals surface area (Å²) in [6.45, 7) is 4.03. The van der Waals surface area contributed by atoms with Crippen molar-refractivity contribution < 1.29 is 4.79 Å². The highest BCUT2D eigenvalue weighted by atomic mass is 32.2. The molecular weight excluding hydrogens is 304 g/mol. The molecule has 2 N–H and O–H groups in total. The van der Waals surface area contributed by atoms with E-state index in [-0.39, 0.29) is 11.9 Å². The maximum Gasteiger partial charge on any atom is 0.230 e. The molecule has 2 aromatic rings. The number of amides is 1. The fourth-order valence-electron chi connectivity index (χ4n) is 1.49. The number of carbonyl (C=O) groups is 1. The second kappa shape index (κ2) is 7.99. The largest absolute Gasteiger partial charge is 0.353 e. The van der Waals surface area contributed by atoms with Gasteiger partial charge >= 0.3 is 0 Å². The third kappa shape index (κ3) is 5.35. The lowest BCUT2D eigenvalue weighted by atomic mass is 10.3. The van der Waals surface area contributed by atoms with Gasteiger partial charge in [-0.2, -0.15) is 0 Å². The van der Waals surface area contributed by atoms with E-state index in [1.165, 1.54) is 11.8 Å². The number of aromatic amines is 1. The van der Waals surface area contributed by atoms with E-state index in [9.17, 15) is 4.79 Å². The highest BCUT2D eigenvalue weighted by molar-refractivity contribution is 7.99. The number of hydrogen-bond donors (Lipinski definition) is 2. The van der Waals surface area contributed by atoms with Gasteiger partial charge in [-0.25, -0.2) is 4.98 Å². The molecule has 1 atom stereocenters. The first-order chi connectivity index (χ1) is 10.2. The molecular formula is C14H18N4OS2. The topological polar surface area (TPSA) is 70.7 Å². The van der Waals surface area contributed by atoms with E-state index in [0.717, 1.165) is 11.3 Å². The van der Waals surface area contributed by atoms with Crippen LogP contribution in [-0.2, 0) is 4.79 Å². The van der Waals surface area contributed by atoms with Crippen molar-refractivity contribution in [3.8, 4) is 0 Å². The van der Waals surface area contributed by atoms with Gasteiger partial charge in [0.2, 0.25) is 11.1 Å². The zero-order valence-electron chi connectivity index (χ0n) is 12.0. The standard InChI is InChI=1S/C14H18N4OS2/c1-3-10(2)15-13(19)9-21-14-16-12(17-18-14)7-6-11-5-4-8-20-11/h4-8,10H,3,9H2,1-2H3,(H,15,19)(H,16,17,18)/b7-6+. The smallest absolute Gasteiger partial charge is 0.230 e. The molecule has 0 aliphatic heterocycles. The van der Waals surface area contributed by atoms with Crippen molar-refractivity contribution in [2.45, 2.75) is 31.5 Å². The third-order valence-corrected chi connectivity index (χ3v) is 4.47. The molecule has 112 valence electrons. The predicted molar refractivity (Wildman–Crippen MR) is 88.2 cm³/mol. The van der Waals surface area contributed by atoms with E-state index in [2.05, 4.69) is 20.5 Å². The van der Waals surface area contributed by atoms with E-state index in [0.29, 0.717) is 16.7 Å². The number of thiophene rings is 1. The van der Waals surface area contributed by atoms with Gasteiger partial charge in [0, 0.05) is 10.9 Å².